The number of aryl methyl sites for hydroxylation is 3. The lowest BCUT2D eigenvalue weighted by Crippen LogP contribution is -2.39. The maximum Gasteiger partial charge on any atom is 0.264 e. The highest BCUT2D eigenvalue weighted by Crippen LogP contribution is 2.30. The van der Waals surface area contributed by atoms with E-state index < -0.39 is 0 Å². The zero-order chi connectivity index (χ0) is 23.1. The minimum Gasteiger partial charge on any atom is -0.497 e. The molecule has 4 aromatic rings. The fraction of sp³-hybridized carbons (Fsp3) is 0.280. The van der Waals surface area contributed by atoms with E-state index in [0.29, 0.717) is 17.6 Å². The molecule has 168 valence electrons. The van der Waals surface area contributed by atoms with Gasteiger partial charge >= 0.3 is 0 Å². The monoisotopic (exact) mass is 443 g/mol. The van der Waals surface area contributed by atoms with E-state index in [2.05, 4.69) is 16.1 Å². The first-order chi connectivity index (χ1) is 15.9. The number of hydrogen-bond acceptors (Lipinski definition) is 5. The predicted octanol–water partition coefficient (Wildman–Crippen LogP) is 3.19. The minimum atomic E-state index is -0.282. The number of fused-ring (bicyclic) bond motifs is 2. The Morgan fingerprint density at radius 3 is 2.67 bits per heavy atom. The molecule has 1 aliphatic heterocycles. The second-order valence-electron chi connectivity index (χ2n) is 8.46. The summed E-state index contributed by atoms with van der Waals surface area (Å²) in [6, 6.07) is 11.8. The maximum atomic E-state index is 13.2. The molecule has 0 radical (unpaired) electrons. The quantitative estimate of drug-likeness (QED) is 0.484. The summed E-state index contributed by atoms with van der Waals surface area (Å²) < 4.78 is 8.33. The Morgan fingerprint density at radius 2 is 1.91 bits per heavy atom. The summed E-state index contributed by atoms with van der Waals surface area (Å²) in [4.78, 5) is 32.5. The van der Waals surface area contributed by atoms with Crippen LogP contribution in [0.2, 0.25) is 0 Å². The van der Waals surface area contributed by atoms with Gasteiger partial charge in [0.1, 0.15) is 24.0 Å². The zero-order valence-electron chi connectivity index (χ0n) is 18.9. The fourth-order valence-electron chi connectivity index (χ4n) is 4.51. The van der Waals surface area contributed by atoms with Crippen molar-refractivity contribution in [3.8, 4) is 11.4 Å². The van der Waals surface area contributed by atoms with Crippen molar-refractivity contribution in [2.45, 2.75) is 33.2 Å². The Labute approximate surface area is 191 Å². The number of ether oxygens (including phenoxy) is 1. The smallest absolute Gasteiger partial charge is 0.264 e. The van der Waals surface area contributed by atoms with Crippen LogP contribution < -0.4 is 15.2 Å². The van der Waals surface area contributed by atoms with Crippen molar-refractivity contribution < 1.29 is 9.53 Å². The van der Waals surface area contributed by atoms with Gasteiger partial charge in [-0.1, -0.05) is 6.07 Å². The lowest BCUT2D eigenvalue weighted by Gasteiger charge is -2.30. The summed E-state index contributed by atoms with van der Waals surface area (Å²) >= 11 is 0. The number of aromatic nitrogens is 4. The number of carbonyl (C=O) groups is 1. The third-order valence-electron chi connectivity index (χ3n) is 6.02. The molecule has 1 aliphatic rings. The van der Waals surface area contributed by atoms with Crippen LogP contribution in [0, 0.1) is 13.8 Å². The number of hydrogen-bond donors (Lipinski definition) is 0. The molecule has 0 atom stereocenters. The van der Waals surface area contributed by atoms with Crippen LogP contribution in [0.3, 0.4) is 0 Å². The summed E-state index contributed by atoms with van der Waals surface area (Å²) in [7, 11) is 1.63. The molecule has 0 fully saturated rings. The van der Waals surface area contributed by atoms with Crippen LogP contribution in [0.1, 0.15) is 23.1 Å². The van der Waals surface area contributed by atoms with E-state index in [1.54, 1.807) is 16.7 Å². The van der Waals surface area contributed by atoms with Crippen molar-refractivity contribution in [2.24, 2.45) is 0 Å². The second-order valence-corrected chi connectivity index (χ2v) is 8.46. The first-order valence-electron chi connectivity index (χ1n) is 10.9. The third kappa shape index (κ3) is 3.77. The average Bonchev–Trinajstić information content (AvgIpc) is 3.24. The van der Waals surface area contributed by atoms with Gasteiger partial charge in [0.15, 0.2) is 5.65 Å². The molecule has 0 aliphatic carbocycles. The Bertz CT molecular complexity index is 1420. The number of anilines is 1. The van der Waals surface area contributed by atoms with Crippen LogP contribution in [0.25, 0.3) is 16.7 Å². The molecule has 0 spiro atoms. The third-order valence-corrected chi connectivity index (χ3v) is 6.02. The van der Waals surface area contributed by atoms with E-state index >= 15 is 0 Å². The molecule has 0 saturated heterocycles. The standard InChI is InChI=1S/C25H25N5O3/c1-16-9-17(2)11-19(10-16)30-24-21(13-27-30)25(32)28(15-26-24)14-23(31)29-8-4-5-18-12-20(33-3)6-7-22(18)29/h6-7,9-13,15H,4-5,8,14H2,1-3H3. The SMILES string of the molecule is COc1ccc2c(c1)CCCN2C(=O)Cn1cnc2c(cnn2-c2cc(C)cc(C)c2)c1=O. The van der Waals surface area contributed by atoms with Gasteiger partial charge in [-0.3, -0.25) is 14.2 Å². The topological polar surface area (TPSA) is 82.2 Å². The van der Waals surface area contributed by atoms with Crippen LogP contribution >= 0.6 is 0 Å². The van der Waals surface area contributed by atoms with Gasteiger partial charge < -0.3 is 9.64 Å². The summed E-state index contributed by atoms with van der Waals surface area (Å²) in [5.74, 6) is 0.626. The largest absolute Gasteiger partial charge is 0.497 e. The number of amides is 1. The van der Waals surface area contributed by atoms with E-state index in [9.17, 15) is 9.59 Å². The molecular formula is C25H25N5O3. The molecule has 3 heterocycles. The van der Waals surface area contributed by atoms with Crippen molar-refractivity contribution >= 4 is 22.6 Å². The van der Waals surface area contributed by atoms with Crippen molar-refractivity contribution in [1.29, 1.82) is 0 Å². The van der Waals surface area contributed by atoms with Gasteiger partial charge in [-0.25, -0.2) is 9.67 Å². The Balaban J connectivity index is 1.46. The number of nitrogens with zero attached hydrogens (tertiary/aromatic N) is 5. The van der Waals surface area contributed by atoms with E-state index in [0.717, 1.165) is 46.7 Å². The highest BCUT2D eigenvalue weighted by Gasteiger charge is 2.24. The lowest BCUT2D eigenvalue weighted by molar-refractivity contribution is -0.119. The lowest BCUT2D eigenvalue weighted by atomic mass is 10.0. The average molecular weight is 444 g/mol. The molecule has 5 rings (SSSR count). The normalized spacial score (nSPS) is 13.2. The highest BCUT2D eigenvalue weighted by molar-refractivity contribution is 5.94. The van der Waals surface area contributed by atoms with Crippen molar-refractivity contribution in [1.82, 2.24) is 19.3 Å². The van der Waals surface area contributed by atoms with Gasteiger partial charge in [0.2, 0.25) is 5.91 Å². The number of carbonyl (C=O) groups excluding carboxylic acids is 1. The molecule has 8 nitrogen and oxygen atoms in total. The fourth-order valence-corrected chi connectivity index (χ4v) is 4.51. The van der Waals surface area contributed by atoms with Gasteiger partial charge in [0.25, 0.3) is 5.56 Å². The van der Waals surface area contributed by atoms with Gasteiger partial charge in [-0.15, -0.1) is 0 Å². The first-order valence-corrected chi connectivity index (χ1v) is 10.9. The molecule has 0 unspecified atom stereocenters. The van der Waals surface area contributed by atoms with Gasteiger partial charge in [0, 0.05) is 12.2 Å². The van der Waals surface area contributed by atoms with Crippen LogP contribution in [-0.2, 0) is 17.8 Å². The van der Waals surface area contributed by atoms with E-state index in [4.69, 9.17) is 4.74 Å². The predicted molar refractivity (Wildman–Crippen MR) is 126 cm³/mol. The van der Waals surface area contributed by atoms with E-state index in [1.165, 1.54) is 17.1 Å². The molecule has 33 heavy (non-hydrogen) atoms. The number of rotatable bonds is 4. The Morgan fingerprint density at radius 1 is 1.12 bits per heavy atom. The first kappa shape index (κ1) is 20.9. The second kappa shape index (κ2) is 8.20. The highest BCUT2D eigenvalue weighted by atomic mass is 16.5. The summed E-state index contributed by atoms with van der Waals surface area (Å²) in [5, 5.41) is 4.78. The Hall–Kier alpha value is -3.94. The molecule has 2 aromatic heterocycles. The van der Waals surface area contributed by atoms with Crippen LogP contribution in [-0.4, -0.2) is 38.9 Å². The number of benzene rings is 2. The van der Waals surface area contributed by atoms with Crippen LogP contribution in [0.15, 0.2) is 53.7 Å². The van der Waals surface area contributed by atoms with E-state index in [-0.39, 0.29) is 18.0 Å². The van der Waals surface area contributed by atoms with Crippen LogP contribution in [0.5, 0.6) is 5.75 Å². The van der Waals surface area contributed by atoms with Gasteiger partial charge in [-0.2, -0.15) is 5.10 Å². The Kier molecular flexibility index (Phi) is 5.20. The molecule has 0 N–H and O–H groups in total. The van der Waals surface area contributed by atoms with Gasteiger partial charge in [0.05, 0.1) is 19.0 Å². The molecule has 2 aromatic carbocycles. The van der Waals surface area contributed by atoms with E-state index in [1.807, 2.05) is 44.2 Å². The summed E-state index contributed by atoms with van der Waals surface area (Å²) in [5.41, 5.74) is 5.20. The van der Waals surface area contributed by atoms with Crippen molar-refractivity contribution in [2.75, 3.05) is 18.6 Å². The molecule has 1 amide bonds. The maximum absolute atomic E-state index is 13.2. The summed E-state index contributed by atoms with van der Waals surface area (Å²) in [6.07, 6.45) is 4.70. The van der Waals surface area contributed by atoms with Crippen molar-refractivity contribution in [3.63, 3.8) is 0 Å². The van der Waals surface area contributed by atoms with Crippen molar-refractivity contribution in [3.05, 3.63) is 76.0 Å². The molecule has 8 heteroatoms. The molecular weight excluding hydrogens is 418 g/mol. The molecule has 0 saturated carbocycles. The van der Waals surface area contributed by atoms with Crippen LogP contribution in [0.4, 0.5) is 5.69 Å². The molecule has 0 bridgehead atoms. The zero-order valence-corrected chi connectivity index (χ0v) is 18.9. The summed E-state index contributed by atoms with van der Waals surface area (Å²) in [6.45, 7) is 4.57. The van der Waals surface area contributed by atoms with Gasteiger partial charge in [-0.05, 0) is 73.7 Å². The minimum absolute atomic E-state index is 0.0814. The number of methoxy groups -OCH3 is 1.